The molecule has 0 N–H and O–H groups in total. The van der Waals surface area contributed by atoms with Crippen LogP contribution in [0.15, 0.2) is 47.4 Å². The molecular formula is C22H21NO6S. The molecule has 1 heterocycles. The van der Waals surface area contributed by atoms with Gasteiger partial charge in [-0.05, 0) is 36.2 Å². The van der Waals surface area contributed by atoms with Crippen LogP contribution < -0.4 is 4.74 Å². The molecule has 1 saturated carbocycles. The van der Waals surface area contributed by atoms with Gasteiger partial charge in [-0.15, -0.1) is 0 Å². The Labute approximate surface area is 174 Å². The lowest BCUT2D eigenvalue weighted by Gasteiger charge is -2.29. The number of rotatable bonds is 5. The van der Waals surface area contributed by atoms with Crippen molar-refractivity contribution in [1.29, 1.82) is 0 Å². The van der Waals surface area contributed by atoms with E-state index in [-0.39, 0.29) is 41.9 Å². The van der Waals surface area contributed by atoms with Gasteiger partial charge in [0, 0.05) is 23.8 Å². The number of carbonyl (C=O) groups excluding carboxylic acids is 3. The van der Waals surface area contributed by atoms with Crippen LogP contribution in [0.1, 0.15) is 40.7 Å². The number of benzene rings is 2. The van der Waals surface area contributed by atoms with E-state index < -0.39 is 15.9 Å². The first kappa shape index (κ1) is 20.3. The maximum Gasteiger partial charge on any atom is 0.255 e. The minimum Gasteiger partial charge on any atom is -0.489 e. The third-order valence-electron chi connectivity index (χ3n) is 5.51. The molecule has 1 fully saturated rings. The van der Waals surface area contributed by atoms with Crippen molar-refractivity contribution in [3.05, 3.63) is 59.2 Å². The topological polar surface area (TPSA) is 97.8 Å². The minimum absolute atomic E-state index is 0.0775. The first-order chi connectivity index (χ1) is 14.2. The second kappa shape index (κ2) is 7.68. The van der Waals surface area contributed by atoms with Crippen molar-refractivity contribution in [2.75, 3.05) is 6.26 Å². The fourth-order valence-corrected chi connectivity index (χ4v) is 4.53. The molecule has 1 unspecified atom stereocenters. The Morgan fingerprint density at radius 2 is 1.80 bits per heavy atom. The maximum absolute atomic E-state index is 12.9. The van der Waals surface area contributed by atoms with Crippen LogP contribution in [0.3, 0.4) is 0 Å². The van der Waals surface area contributed by atoms with E-state index in [2.05, 4.69) is 0 Å². The number of Topliss-reactive ketones (excluding diaryl/α,β-unsaturated/α-hetero) is 2. The fraction of sp³-hybridized carbons (Fsp3) is 0.318. The van der Waals surface area contributed by atoms with Gasteiger partial charge in [-0.25, -0.2) is 8.42 Å². The summed E-state index contributed by atoms with van der Waals surface area (Å²) in [6.45, 7) is 0.480. The smallest absolute Gasteiger partial charge is 0.255 e. The highest BCUT2D eigenvalue weighted by Gasteiger charge is 2.39. The predicted molar refractivity (Wildman–Crippen MR) is 108 cm³/mol. The van der Waals surface area contributed by atoms with E-state index in [1.54, 1.807) is 30.3 Å². The van der Waals surface area contributed by atoms with Crippen molar-refractivity contribution in [3.8, 4) is 5.75 Å². The summed E-state index contributed by atoms with van der Waals surface area (Å²) >= 11 is 0. The third-order valence-corrected chi connectivity index (χ3v) is 6.64. The van der Waals surface area contributed by atoms with Crippen LogP contribution >= 0.6 is 0 Å². The summed E-state index contributed by atoms with van der Waals surface area (Å²) in [5.74, 6) is 0.0442. The van der Waals surface area contributed by atoms with Crippen LogP contribution in [0, 0.1) is 0 Å². The molecule has 30 heavy (non-hydrogen) atoms. The molecule has 0 radical (unpaired) electrons. The summed E-state index contributed by atoms with van der Waals surface area (Å²) < 4.78 is 29.1. The van der Waals surface area contributed by atoms with E-state index in [0.29, 0.717) is 24.2 Å². The van der Waals surface area contributed by atoms with Gasteiger partial charge in [-0.3, -0.25) is 14.4 Å². The molecule has 2 aromatic carbocycles. The molecule has 1 aliphatic carbocycles. The Morgan fingerprint density at radius 1 is 1.07 bits per heavy atom. The SMILES string of the molecule is CS(=O)(=O)c1ccc(COc2cccc3c2CN(C2CCC(=O)CC2=O)C3=O)cc1. The Morgan fingerprint density at radius 3 is 2.47 bits per heavy atom. The van der Waals surface area contributed by atoms with E-state index >= 15 is 0 Å². The number of hydrogen-bond acceptors (Lipinski definition) is 6. The number of amides is 1. The highest BCUT2D eigenvalue weighted by Crippen LogP contribution is 2.34. The van der Waals surface area contributed by atoms with E-state index in [1.165, 1.54) is 17.0 Å². The summed E-state index contributed by atoms with van der Waals surface area (Å²) in [7, 11) is -3.26. The lowest BCUT2D eigenvalue weighted by Crippen LogP contribution is -2.44. The number of ether oxygens (including phenoxy) is 1. The molecule has 8 heteroatoms. The molecular weight excluding hydrogens is 406 g/mol. The van der Waals surface area contributed by atoms with Crippen molar-refractivity contribution in [2.45, 2.75) is 43.4 Å². The summed E-state index contributed by atoms with van der Waals surface area (Å²) in [6, 6.07) is 11.1. The molecule has 2 aliphatic rings. The highest BCUT2D eigenvalue weighted by atomic mass is 32.2. The predicted octanol–water partition coefficient (Wildman–Crippen LogP) is 2.32. The highest BCUT2D eigenvalue weighted by molar-refractivity contribution is 7.90. The lowest BCUT2D eigenvalue weighted by molar-refractivity contribution is -0.133. The van der Waals surface area contributed by atoms with Crippen LogP contribution in [-0.4, -0.2) is 43.1 Å². The van der Waals surface area contributed by atoms with E-state index in [9.17, 15) is 22.8 Å². The van der Waals surface area contributed by atoms with Crippen molar-refractivity contribution in [1.82, 2.24) is 4.90 Å². The van der Waals surface area contributed by atoms with Crippen molar-refractivity contribution < 1.29 is 27.5 Å². The zero-order valence-corrected chi connectivity index (χ0v) is 17.3. The summed E-state index contributed by atoms with van der Waals surface area (Å²) in [5, 5.41) is 0. The molecule has 0 aromatic heterocycles. The zero-order valence-electron chi connectivity index (χ0n) is 16.5. The molecule has 7 nitrogen and oxygen atoms in total. The zero-order chi connectivity index (χ0) is 21.5. The fourth-order valence-electron chi connectivity index (χ4n) is 3.90. The number of ketones is 2. The van der Waals surface area contributed by atoms with Crippen molar-refractivity contribution in [3.63, 3.8) is 0 Å². The first-order valence-corrected chi connectivity index (χ1v) is 11.5. The molecule has 4 rings (SSSR count). The minimum atomic E-state index is -3.26. The number of fused-ring (bicyclic) bond motifs is 1. The van der Waals surface area contributed by atoms with Crippen LogP contribution in [0.4, 0.5) is 0 Å². The van der Waals surface area contributed by atoms with Crippen LogP contribution in [0.5, 0.6) is 5.75 Å². The average molecular weight is 427 g/mol. The van der Waals surface area contributed by atoms with Gasteiger partial charge in [-0.2, -0.15) is 0 Å². The summed E-state index contributed by atoms with van der Waals surface area (Å²) in [4.78, 5) is 38.4. The van der Waals surface area contributed by atoms with E-state index in [4.69, 9.17) is 4.74 Å². The van der Waals surface area contributed by atoms with Gasteiger partial charge >= 0.3 is 0 Å². The van der Waals surface area contributed by atoms with Gasteiger partial charge in [0.15, 0.2) is 15.6 Å². The second-order valence-electron chi connectivity index (χ2n) is 7.66. The van der Waals surface area contributed by atoms with Gasteiger partial charge in [0.25, 0.3) is 5.91 Å². The van der Waals surface area contributed by atoms with Crippen LogP contribution in [-0.2, 0) is 32.6 Å². The Balaban J connectivity index is 1.50. The quantitative estimate of drug-likeness (QED) is 0.680. The van der Waals surface area contributed by atoms with Crippen molar-refractivity contribution >= 4 is 27.3 Å². The monoisotopic (exact) mass is 427 g/mol. The van der Waals surface area contributed by atoms with Gasteiger partial charge in [0.1, 0.15) is 18.1 Å². The number of sulfone groups is 1. The first-order valence-electron chi connectivity index (χ1n) is 9.63. The molecule has 1 atom stereocenters. The largest absolute Gasteiger partial charge is 0.489 e. The van der Waals surface area contributed by atoms with Crippen LogP contribution in [0.2, 0.25) is 0 Å². The van der Waals surface area contributed by atoms with Crippen molar-refractivity contribution in [2.24, 2.45) is 0 Å². The Hall–Kier alpha value is -3.00. The lowest BCUT2D eigenvalue weighted by atomic mass is 9.92. The maximum atomic E-state index is 12.9. The standard InChI is InChI=1S/C22H21NO6S/c1-30(27,28)16-8-5-14(6-9-16)13-29-21-4-2-3-17-18(21)12-23(22(17)26)19-10-7-15(24)11-20(19)25/h2-6,8-9,19H,7,10-13H2,1H3. The molecule has 1 amide bonds. The molecule has 0 spiro atoms. The average Bonchev–Trinajstić information content (AvgIpc) is 3.03. The molecule has 156 valence electrons. The molecule has 1 aliphatic heterocycles. The molecule has 2 aromatic rings. The Kier molecular flexibility index (Phi) is 5.19. The summed E-state index contributed by atoms with van der Waals surface area (Å²) in [6.07, 6.45) is 1.71. The second-order valence-corrected chi connectivity index (χ2v) is 9.67. The normalized spacial score (nSPS) is 19.2. The number of carbonyl (C=O) groups is 3. The van der Waals surface area contributed by atoms with Crippen LogP contribution in [0.25, 0.3) is 0 Å². The third kappa shape index (κ3) is 3.87. The van der Waals surface area contributed by atoms with E-state index in [1.807, 2.05) is 0 Å². The van der Waals surface area contributed by atoms with Gasteiger partial charge in [0.05, 0.1) is 23.9 Å². The summed E-state index contributed by atoms with van der Waals surface area (Å²) in [5.41, 5.74) is 2.02. The molecule has 0 saturated heterocycles. The van der Waals surface area contributed by atoms with E-state index in [0.717, 1.165) is 17.4 Å². The molecule has 0 bridgehead atoms. The Bertz CT molecular complexity index is 1140. The van der Waals surface area contributed by atoms with Gasteiger partial charge in [-0.1, -0.05) is 18.2 Å². The van der Waals surface area contributed by atoms with Gasteiger partial charge in [0.2, 0.25) is 0 Å². The number of hydrogen-bond donors (Lipinski definition) is 0. The number of nitrogens with zero attached hydrogens (tertiary/aromatic N) is 1. The van der Waals surface area contributed by atoms with Gasteiger partial charge < -0.3 is 9.64 Å².